The number of benzene rings is 2. The van der Waals surface area contributed by atoms with Gasteiger partial charge in [0, 0.05) is 29.8 Å². The highest BCUT2D eigenvalue weighted by Gasteiger charge is 2.34. The monoisotopic (exact) mass is 553 g/mol. The molecule has 1 amide bonds. The lowest BCUT2D eigenvalue weighted by Crippen LogP contribution is -2.27. The Hall–Kier alpha value is -4.51. The molecule has 41 heavy (non-hydrogen) atoms. The Morgan fingerprint density at radius 3 is 2.59 bits per heavy atom. The number of rotatable bonds is 8. The average Bonchev–Trinajstić information content (AvgIpc) is 3.61. The summed E-state index contributed by atoms with van der Waals surface area (Å²) in [5.74, 6) is 4.09. The van der Waals surface area contributed by atoms with Crippen LogP contribution in [0.5, 0.6) is 0 Å². The van der Waals surface area contributed by atoms with Crippen LogP contribution >= 0.6 is 0 Å². The van der Waals surface area contributed by atoms with E-state index >= 15 is 0 Å². The summed E-state index contributed by atoms with van der Waals surface area (Å²) in [6.07, 6.45) is 8.21. The molecule has 0 radical (unpaired) electrons. The molecular formula is C33H35N3O5. The molecule has 2 aromatic carbocycles. The molecule has 1 aliphatic carbocycles. The number of carbonyl (C=O) groups is 2. The minimum absolute atomic E-state index is 0.301. The molecule has 2 heterocycles. The standard InChI is InChI=1S/C33H35N3O5/c1-7-22-24-18-20(19-36-27(8-2)35-28(21-15-16-21)29(36)31(37)39-9-3)14-17-26(24)40-30(22)23-12-10-11-13-25(23)34-32(38)41-33(4,5)6/h1,10-14,17-18,21H,8-9,15-16,19H2,2-6H3,(H,34,38). The molecule has 0 aliphatic heterocycles. The summed E-state index contributed by atoms with van der Waals surface area (Å²) in [6, 6.07) is 13.1. The highest BCUT2D eigenvalue weighted by molar-refractivity contribution is 5.97. The lowest BCUT2D eigenvalue weighted by Gasteiger charge is -2.20. The minimum atomic E-state index is -0.641. The molecular weight excluding hydrogens is 518 g/mol. The van der Waals surface area contributed by atoms with Crippen LogP contribution in [0.3, 0.4) is 0 Å². The number of aromatic nitrogens is 2. The normalized spacial score (nSPS) is 13.2. The Morgan fingerprint density at radius 1 is 1.17 bits per heavy atom. The summed E-state index contributed by atoms with van der Waals surface area (Å²) in [5.41, 5.74) is 4.05. The number of imidazole rings is 1. The van der Waals surface area contributed by atoms with Crippen molar-refractivity contribution in [2.45, 2.75) is 71.9 Å². The summed E-state index contributed by atoms with van der Waals surface area (Å²) < 4.78 is 19.1. The van der Waals surface area contributed by atoms with Gasteiger partial charge in [0.05, 0.1) is 23.6 Å². The number of furan rings is 1. The zero-order valence-corrected chi connectivity index (χ0v) is 24.2. The predicted octanol–water partition coefficient (Wildman–Crippen LogP) is 7.29. The van der Waals surface area contributed by atoms with Gasteiger partial charge in [0.25, 0.3) is 0 Å². The van der Waals surface area contributed by atoms with Crippen LogP contribution in [0, 0.1) is 12.3 Å². The third-order valence-electron chi connectivity index (χ3n) is 6.87. The average molecular weight is 554 g/mol. The second kappa shape index (κ2) is 11.2. The fraction of sp³-hybridized carbons (Fsp3) is 0.364. The molecule has 0 unspecified atom stereocenters. The lowest BCUT2D eigenvalue weighted by atomic mass is 10.0. The van der Waals surface area contributed by atoms with E-state index in [0.717, 1.165) is 35.3 Å². The zero-order chi connectivity index (χ0) is 29.3. The SMILES string of the molecule is C#Cc1c(-c2ccccc2NC(=O)OC(C)(C)C)oc2ccc(Cn3c(CC)nc(C4CC4)c3C(=O)OCC)cc12. The summed E-state index contributed by atoms with van der Waals surface area (Å²) in [7, 11) is 0. The highest BCUT2D eigenvalue weighted by Crippen LogP contribution is 2.42. The molecule has 1 N–H and O–H groups in total. The molecule has 0 bridgehead atoms. The van der Waals surface area contributed by atoms with Crippen LogP contribution in [0.4, 0.5) is 10.5 Å². The summed E-state index contributed by atoms with van der Waals surface area (Å²) >= 11 is 0. The van der Waals surface area contributed by atoms with Gasteiger partial charge in [-0.1, -0.05) is 31.0 Å². The van der Waals surface area contributed by atoms with Crippen LogP contribution in [0.25, 0.3) is 22.3 Å². The van der Waals surface area contributed by atoms with Crippen molar-refractivity contribution < 1.29 is 23.5 Å². The highest BCUT2D eigenvalue weighted by atomic mass is 16.6. The molecule has 0 spiro atoms. The Bertz CT molecular complexity index is 1660. The Balaban J connectivity index is 1.53. The van der Waals surface area contributed by atoms with Crippen molar-refractivity contribution in [2.75, 3.05) is 11.9 Å². The number of para-hydroxylation sites is 1. The zero-order valence-electron chi connectivity index (χ0n) is 24.2. The van der Waals surface area contributed by atoms with Gasteiger partial charge < -0.3 is 18.5 Å². The minimum Gasteiger partial charge on any atom is -0.461 e. The van der Waals surface area contributed by atoms with Gasteiger partial charge in [-0.25, -0.2) is 14.6 Å². The molecule has 0 atom stereocenters. The number of carbonyl (C=O) groups excluding carboxylic acids is 2. The Kier molecular flexibility index (Phi) is 7.63. The van der Waals surface area contributed by atoms with Gasteiger partial charge in [0.15, 0.2) is 11.5 Å². The van der Waals surface area contributed by atoms with Crippen molar-refractivity contribution in [2.24, 2.45) is 0 Å². The fourth-order valence-electron chi connectivity index (χ4n) is 4.98. The first kappa shape index (κ1) is 28.0. The fourth-order valence-corrected chi connectivity index (χ4v) is 4.98. The van der Waals surface area contributed by atoms with E-state index in [4.69, 9.17) is 25.3 Å². The maximum Gasteiger partial charge on any atom is 0.412 e. The largest absolute Gasteiger partial charge is 0.461 e. The van der Waals surface area contributed by atoms with Gasteiger partial charge in [-0.15, -0.1) is 6.42 Å². The number of terminal acetylenes is 1. The van der Waals surface area contributed by atoms with E-state index in [0.29, 0.717) is 59.3 Å². The number of esters is 1. The van der Waals surface area contributed by atoms with Crippen LogP contribution in [-0.2, 0) is 22.4 Å². The van der Waals surface area contributed by atoms with E-state index < -0.39 is 11.7 Å². The molecule has 0 saturated heterocycles. The van der Waals surface area contributed by atoms with Crippen molar-refractivity contribution >= 4 is 28.7 Å². The van der Waals surface area contributed by atoms with Gasteiger partial charge in [0.2, 0.25) is 0 Å². The number of aryl methyl sites for hydroxylation is 1. The van der Waals surface area contributed by atoms with E-state index in [-0.39, 0.29) is 5.97 Å². The maximum atomic E-state index is 13.0. The third kappa shape index (κ3) is 5.85. The molecule has 212 valence electrons. The van der Waals surface area contributed by atoms with Crippen LogP contribution in [0.15, 0.2) is 46.9 Å². The molecule has 4 aromatic rings. The lowest BCUT2D eigenvalue weighted by molar-refractivity contribution is 0.0511. The van der Waals surface area contributed by atoms with Crippen LogP contribution < -0.4 is 5.32 Å². The van der Waals surface area contributed by atoms with Crippen molar-refractivity contribution in [1.29, 1.82) is 0 Å². The Morgan fingerprint density at radius 2 is 1.93 bits per heavy atom. The molecule has 1 saturated carbocycles. The predicted molar refractivity (Wildman–Crippen MR) is 158 cm³/mol. The van der Waals surface area contributed by atoms with Gasteiger partial charge in [-0.05, 0) is 70.4 Å². The second-order valence-corrected chi connectivity index (χ2v) is 11.1. The maximum absolute atomic E-state index is 13.0. The molecule has 1 fully saturated rings. The molecule has 5 rings (SSSR count). The number of amides is 1. The number of hydrogen-bond donors (Lipinski definition) is 1. The molecule has 8 nitrogen and oxygen atoms in total. The number of anilines is 1. The van der Waals surface area contributed by atoms with Crippen LogP contribution in [0.2, 0.25) is 0 Å². The third-order valence-corrected chi connectivity index (χ3v) is 6.87. The number of hydrogen-bond acceptors (Lipinski definition) is 6. The van der Waals surface area contributed by atoms with Crippen molar-refractivity contribution in [3.05, 3.63) is 70.8 Å². The van der Waals surface area contributed by atoms with E-state index in [1.165, 1.54) is 0 Å². The first-order valence-electron chi connectivity index (χ1n) is 14.0. The van der Waals surface area contributed by atoms with Gasteiger partial charge in [-0.3, -0.25) is 5.32 Å². The van der Waals surface area contributed by atoms with E-state index in [2.05, 4.69) is 11.2 Å². The van der Waals surface area contributed by atoms with E-state index in [1.807, 2.05) is 75.6 Å². The van der Waals surface area contributed by atoms with Crippen LogP contribution in [0.1, 0.15) is 86.5 Å². The van der Waals surface area contributed by atoms with Gasteiger partial charge in [-0.2, -0.15) is 0 Å². The molecule has 1 aliphatic rings. The Labute approximate surface area is 240 Å². The molecule has 2 aromatic heterocycles. The number of nitrogens with one attached hydrogen (secondary N) is 1. The number of nitrogens with zero attached hydrogens (tertiary/aromatic N) is 2. The second-order valence-electron chi connectivity index (χ2n) is 11.1. The van der Waals surface area contributed by atoms with E-state index in [9.17, 15) is 9.59 Å². The van der Waals surface area contributed by atoms with Crippen molar-refractivity contribution in [1.82, 2.24) is 9.55 Å². The van der Waals surface area contributed by atoms with Crippen molar-refractivity contribution in [3.63, 3.8) is 0 Å². The van der Waals surface area contributed by atoms with Gasteiger partial charge >= 0.3 is 12.1 Å². The summed E-state index contributed by atoms with van der Waals surface area (Å²) in [6.45, 7) is 10.0. The summed E-state index contributed by atoms with van der Waals surface area (Å²) in [5, 5.41) is 3.59. The first-order chi connectivity index (χ1) is 19.6. The first-order valence-corrected chi connectivity index (χ1v) is 14.0. The van der Waals surface area contributed by atoms with E-state index in [1.54, 1.807) is 6.07 Å². The smallest absolute Gasteiger partial charge is 0.412 e. The number of ether oxygens (including phenoxy) is 2. The number of fused-ring (bicyclic) bond motifs is 1. The van der Waals surface area contributed by atoms with Crippen LogP contribution in [-0.4, -0.2) is 33.8 Å². The topological polar surface area (TPSA) is 95.6 Å². The summed E-state index contributed by atoms with van der Waals surface area (Å²) in [4.78, 5) is 30.4. The van der Waals surface area contributed by atoms with Gasteiger partial charge in [0.1, 0.15) is 17.0 Å². The quantitative estimate of drug-likeness (QED) is 0.182. The van der Waals surface area contributed by atoms with Crippen molar-refractivity contribution in [3.8, 4) is 23.7 Å². The molecule has 8 heteroatoms.